The Morgan fingerprint density at radius 1 is 0.667 bits per heavy atom. The zero-order valence-electron chi connectivity index (χ0n) is 26.1. The fraction of sp³-hybridized carbons (Fsp3) is 0.351. The Hall–Kier alpha value is -4.30. The Labute approximate surface area is 265 Å². The molecule has 3 rings (SSSR count). The van der Waals surface area contributed by atoms with Gasteiger partial charge in [0.1, 0.15) is 12.0 Å². The number of halogens is 2. The Kier molecular flexibility index (Phi) is 18.2. The zero-order chi connectivity index (χ0) is 32.7. The highest BCUT2D eigenvalue weighted by atomic mass is 19.2. The van der Waals surface area contributed by atoms with Gasteiger partial charge in [0.25, 0.3) is 0 Å². The predicted molar refractivity (Wildman–Crippen MR) is 174 cm³/mol. The van der Waals surface area contributed by atoms with E-state index in [1.54, 1.807) is 25.3 Å². The molecule has 0 spiro atoms. The van der Waals surface area contributed by atoms with E-state index >= 15 is 0 Å². The molecule has 0 N–H and O–H groups in total. The Bertz CT molecular complexity index is 1300. The van der Waals surface area contributed by atoms with Crippen molar-refractivity contribution in [3.8, 4) is 33.8 Å². The third-order valence-electron chi connectivity index (χ3n) is 6.75. The summed E-state index contributed by atoms with van der Waals surface area (Å²) in [6.45, 7) is 8.56. The third-order valence-corrected chi connectivity index (χ3v) is 6.75. The topological polar surface area (TPSA) is 71.1 Å². The number of carbonyl (C=O) groups excluding carboxylic acids is 2. The van der Waals surface area contributed by atoms with Crippen molar-refractivity contribution < 1.29 is 37.3 Å². The summed E-state index contributed by atoms with van der Waals surface area (Å²) in [7, 11) is 1.72. The fourth-order valence-electron chi connectivity index (χ4n) is 4.32. The molecule has 0 heterocycles. The highest BCUT2D eigenvalue weighted by Crippen LogP contribution is 2.32. The van der Waals surface area contributed by atoms with Gasteiger partial charge in [0.15, 0.2) is 11.6 Å². The van der Waals surface area contributed by atoms with Gasteiger partial charge in [-0.1, -0.05) is 56.0 Å². The van der Waals surface area contributed by atoms with Crippen LogP contribution >= 0.6 is 0 Å². The van der Waals surface area contributed by atoms with Crippen LogP contribution in [0.15, 0.2) is 86.0 Å². The van der Waals surface area contributed by atoms with E-state index in [1.807, 2.05) is 36.4 Å². The first-order valence-corrected chi connectivity index (χ1v) is 15.2. The van der Waals surface area contributed by atoms with Gasteiger partial charge < -0.3 is 18.9 Å². The van der Waals surface area contributed by atoms with E-state index in [0.717, 1.165) is 74.5 Å². The molecule has 0 unspecified atom stereocenters. The number of hydrogen-bond acceptors (Lipinski definition) is 6. The van der Waals surface area contributed by atoms with Gasteiger partial charge in [0, 0.05) is 25.4 Å². The molecule has 242 valence electrons. The van der Waals surface area contributed by atoms with Gasteiger partial charge in [0.2, 0.25) is 5.82 Å². The summed E-state index contributed by atoms with van der Waals surface area (Å²) < 4.78 is 50.9. The van der Waals surface area contributed by atoms with Crippen molar-refractivity contribution in [2.45, 2.75) is 51.4 Å². The summed E-state index contributed by atoms with van der Waals surface area (Å²) in [5.74, 6) is -1.63. The van der Waals surface area contributed by atoms with Crippen LogP contribution in [0.2, 0.25) is 0 Å². The zero-order valence-corrected chi connectivity index (χ0v) is 26.1. The minimum absolute atomic E-state index is 0.101. The third kappa shape index (κ3) is 13.9. The van der Waals surface area contributed by atoms with E-state index in [4.69, 9.17) is 23.7 Å². The molecule has 45 heavy (non-hydrogen) atoms. The summed E-state index contributed by atoms with van der Waals surface area (Å²) in [6.07, 6.45) is 10.4. The summed E-state index contributed by atoms with van der Waals surface area (Å²) in [5, 5.41) is 0. The number of benzene rings is 3. The lowest BCUT2D eigenvalue weighted by Gasteiger charge is -2.11. The molecule has 6 nitrogen and oxygen atoms in total. The molecular weight excluding hydrogens is 578 g/mol. The van der Waals surface area contributed by atoms with E-state index in [-0.39, 0.29) is 17.9 Å². The van der Waals surface area contributed by atoms with Gasteiger partial charge in [0.05, 0.1) is 19.8 Å². The van der Waals surface area contributed by atoms with Gasteiger partial charge in [-0.3, -0.25) is 4.79 Å². The maximum absolute atomic E-state index is 14.9. The van der Waals surface area contributed by atoms with Crippen molar-refractivity contribution in [1.82, 2.24) is 0 Å². The molecule has 0 fully saturated rings. The maximum atomic E-state index is 14.9. The number of aldehydes is 1. The van der Waals surface area contributed by atoms with Crippen LogP contribution < -0.4 is 9.47 Å². The monoisotopic (exact) mass is 622 g/mol. The molecule has 0 aliphatic rings. The minimum Gasteiger partial charge on any atom is -0.494 e. The predicted octanol–water partition coefficient (Wildman–Crippen LogP) is 8.92. The molecule has 0 bridgehead atoms. The van der Waals surface area contributed by atoms with Gasteiger partial charge >= 0.3 is 5.97 Å². The first-order chi connectivity index (χ1) is 21.9. The quantitative estimate of drug-likeness (QED) is 0.0542. The van der Waals surface area contributed by atoms with Gasteiger partial charge in [-0.05, 0) is 92.0 Å². The number of esters is 1. The largest absolute Gasteiger partial charge is 0.494 e. The highest BCUT2D eigenvalue weighted by molar-refractivity contribution is 5.81. The van der Waals surface area contributed by atoms with Crippen molar-refractivity contribution in [2.24, 2.45) is 0 Å². The SMILES string of the molecule is C=CC(=O)OCCCCCCOc1ccc(-c2ccc(-c3ccc(OCCCCCCOC)cc3)cc2)c(F)c1F.C=CC=O. The standard InChI is InChI=1S/C34H40F2O5.C3H4O/c1-3-32(37)41-25-11-7-6-10-24-40-31-21-20-30(33(35)34(31)36)28-14-12-26(13-15-28)27-16-18-29(19-17-27)39-23-9-5-4-8-22-38-2;1-2-3-4/h3,12-21H,1,4-11,22-25H2,2H3;2-3H,1H2. The van der Waals surface area contributed by atoms with Gasteiger partial charge in [-0.25, -0.2) is 9.18 Å². The average Bonchev–Trinajstić information content (AvgIpc) is 3.07. The first-order valence-electron chi connectivity index (χ1n) is 15.2. The number of ether oxygens (including phenoxy) is 4. The number of allylic oxidation sites excluding steroid dienone is 1. The Balaban J connectivity index is 0.00000166. The van der Waals surface area contributed by atoms with E-state index in [9.17, 15) is 13.6 Å². The highest BCUT2D eigenvalue weighted by Gasteiger charge is 2.16. The lowest BCUT2D eigenvalue weighted by molar-refractivity contribution is -0.137. The number of hydrogen-bond donors (Lipinski definition) is 0. The molecule has 0 aliphatic heterocycles. The van der Waals surface area contributed by atoms with E-state index in [1.165, 1.54) is 12.1 Å². The number of unbranched alkanes of at least 4 members (excludes halogenated alkanes) is 6. The van der Waals surface area contributed by atoms with Crippen LogP contribution in [0, 0.1) is 11.6 Å². The van der Waals surface area contributed by atoms with Gasteiger partial charge in [-0.15, -0.1) is 0 Å². The first kappa shape index (κ1) is 36.9. The van der Waals surface area contributed by atoms with Crippen LogP contribution in [0.25, 0.3) is 22.3 Å². The van der Waals surface area contributed by atoms with Crippen molar-refractivity contribution in [2.75, 3.05) is 33.5 Å². The summed E-state index contributed by atoms with van der Waals surface area (Å²) in [6, 6.07) is 18.2. The second kappa shape index (κ2) is 22.2. The summed E-state index contributed by atoms with van der Waals surface area (Å²) in [5.41, 5.74) is 2.75. The Morgan fingerprint density at radius 3 is 1.73 bits per heavy atom. The van der Waals surface area contributed by atoms with Crippen molar-refractivity contribution in [3.63, 3.8) is 0 Å². The van der Waals surface area contributed by atoms with Crippen LogP contribution in [0.1, 0.15) is 51.4 Å². The lowest BCUT2D eigenvalue weighted by Crippen LogP contribution is -2.03. The second-order valence-corrected chi connectivity index (χ2v) is 10.1. The van der Waals surface area contributed by atoms with E-state index in [2.05, 4.69) is 13.2 Å². The lowest BCUT2D eigenvalue weighted by atomic mass is 9.99. The molecule has 3 aromatic carbocycles. The maximum Gasteiger partial charge on any atom is 0.330 e. The fourth-order valence-corrected chi connectivity index (χ4v) is 4.32. The molecule has 0 aliphatic carbocycles. The van der Waals surface area contributed by atoms with Gasteiger partial charge in [-0.2, -0.15) is 4.39 Å². The van der Waals surface area contributed by atoms with Crippen molar-refractivity contribution in [3.05, 3.63) is 97.6 Å². The Morgan fingerprint density at radius 2 is 1.18 bits per heavy atom. The molecule has 0 amide bonds. The molecule has 0 saturated carbocycles. The van der Waals surface area contributed by atoms with Crippen LogP contribution in [0.3, 0.4) is 0 Å². The molecule has 0 radical (unpaired) electrons. The number of methoxy groups -OCH3 is 1. The molecular formula is C37H44F2O6. The number of rotatable bonds is 20. The number of carbonyl (C=O) groups is 2. The summed E-state index contributed by atoms with van der Waals surface area (Å²) >= 11 is 0. The molecule has 8 heteroatoms. The smallest absolute Gasteiger partial charge is 0.330 e. The normalized spacial score (nSPS) is 10.3. The summed E-state index contributed by atoms with van der Waals surface area (Å²) in [4.78, 5) is 20.0. The van der Waals surface area contributed by atoms with Crippen LogP contribution in [0.4, 0.5) is 8.78 Å². The molecule has 3 aromatic rings. The molecule has 0 aromatic heterocycles. The molecule has 0 saturated heterocycles. The van der Waals surface area contributed by atoms with Crippen LogP contribution in [-0.2, 0) is 19.1 Å². The second-order valence-electron chi connectivity index (χ2n) is 10.1. The van der Waals surface area contributed by atoms with E-state index in [0.29, 0.717) is 31.5 Å². The van der Waals surface area contributed by atoms with Crippen LogP contribution in [0.5, 0.6) is 11.5 Å². The average molecular weight is 623 g/mol. The van der Waals surface area contributed by atoms with E-state index < -0.39 is 17.6 Å². The van der Waals surface area contributed by atoms with Crippen molar-refractivity contribution >= 4 is 12.3 Å². The minimum atomic E-state index is -0.992. The van der Waals surface area contributed by atoms with Crippen molar-refractivity contribution in [1.29, 1.82) is 0 Å². The van der Waals surface area contributed by atoms with Crippen LogP contribution in [-0.4, -0.2) is 45.8 Å². The molecule has 0 atom stereocenters.